The van der Waals surface area contributed by atoms with Gasteiger partial charge in [0.2, 0.25) is 0 Å². The van der Waals surface area contributed by atoms with Gasteiger partial charge in [-0.2, -0.15) is 0 Å². The highest BCUT2D eigenvalue weighted by Gasteiger charge is 1.97. The van der Waals surface area contributed by atoms with Gasteiger partial charge in [0, 0.05) is 20.1 Å². The number of unbranched alkanes of at least 4 members (excludes halogenated alkanes) is 3. The fourth-order valence-corrected chi connectivity index (χ4v) is 1.28. The van der Waals surface area contributed by atoms with Gasteiger partial charge in [-0.15, -0.1) is 24.0 Å². The van der Waals surface area contributed by atoms with Crippen LogP contribution in [0.5, 0.6) is 0 Å². The van der Waals surface area contributed by atoms with Gasteiger partial charge in [0.1, 0.15) is 0 Å². The molecule has 0 aromatic carbocycles. The number of hydrogen-bond donors (Lipinski definition) is 2. The van der Waals surface area contributed by atoms with E-state index in [2.05, 4.69) is 36.4 Å². The Bertz CT molecular complexity index is 170. The number of guanidine groups is 1. The maximum atomic E-state index is 4.17. The van der Waals surface area contributed by atoms with Crippen molar-refractivity contribution in [3.63, 3.8) is 0 Å². The number of hydrogen-bond acceptors (Lipinski definition) is 1. The molecule has 0 heterocycles. The molecule has 0 aromatic rings. The highest BCUT2D eigenvalue weighted by molar-refractivity contribution is 14.0. The molecule has 3 nitrogen and oxygen atoms in total. The predicted octanol–water partition coefficient (Wildman–Crippen LogP) is 3.01. The molecular formula is C12H28IN3. The van der Waals surface area contributed by atoms with Gasteiger partial charge in [0.25, 0.3) is 0 Å². The van der Waals surface area contributed by atoms with Gasteiger partial charge in [-0.3, -0.25) is 4.99 Å². The Labute approximate surface area is 118 Å². The molecule has 0 unspecified atom stereocenters. The van der Waals surface area contributed by atoms with Crippen molar-refractivity contribution in [1.82, 2.24) is 10.6 Å². The lowest BCUT2D eigenvalue weighted by Crippen LogP contribution is -2.39. The molecule has 0 aromatic heterocycles. The first-order chi connectivity index (χ1) is 7.20. The van der Waals surface area contributed by atoms with Crippen LogP contribution in [-0.2, 0) is 0 Å². The van der Waals surface area contributed by atoms with Crippen molar-refractivity contribution in [2.24, 2.45) is 10.9 Å². The molecule has 0 fully saturated rings. The lowest BCUT2D eigenvalue weighted by atomic mass is 10.2. The molecule has 0 rings (SSSR count). The number of rotatable bonds is 7. The minimum Gasteiger partial charge on any atom is -0.356 e. The van der Waals surface area contributed by atoms with Crippen LogP contribution in [0.15, 0.2) is 4.99 Å². The van der Waals surface area contributed by atoms with Crippen LogP contribution < -0.4 is 10.6 Å². The zero-order chi connectivity index (χ0) is 11.5. The lowest BCUT2D eigenvalue weighted by Gasteiger charge is -2.13. The second kappa shape index (κ2) is 13.1. The Hall–Kier alpha value is 0. The SMILES string of the molecule is CCCCCCNC(=NC)NCC(C)C.I. The van der Waals surface area contributed by atoms with Gasteiger partial charge in [-0.1, -0.05) is 40.0 Å². The van der Waals surface area contributed by atoms with Crippen molar-refractivity contribution in [1.29, 1.82) is 0 Å². The summed E-state index contributed by atoms with van der Waals surface area (Å²) in [5.41, 5.74) is 0. The van der Waals surface area contributed by atoms with Crippen molar-refractivity contribution < 1.29 is 0 Å². The Morgan fingerprint density at radius 2 is 1.81 bits per heavy atom. The van der Waals surface area contributed by atoms with E-state index in [9.17, 15) is 0 Å². The van der Waals surface area contributed by atoms with E-state index in [1.54, 1.807) is 0 Å². The van der Waals surface area contributed by atoms with Crippen molar-refractivity contribution >= 4 is 29.9 Å². The smallest absolute Gasteiger partial charge is 0.190 e. The maximum Gasteiger partial charge on any atom is 0.190 e. The molecule has 0 saturated heterocycles. The fraction of sp³-hybridized carbons (Fsp3) is 0.917. The molecule has 0 amide bonds. The van der Waals surface area contributed by atoms with E-state index in [-0.39, 0.29) is 24.0 Å². The first kappa shape index (κ1) is 18.4. The van der Waals surface area contributed by atoms with Crippen molar-refractivity contribution in [2.75, 3.05) is 20.1 Å². The fourth-order valence-electron chi connectivity index (χ4n) is 1.28. The summed E-state index contributed by atoms with van der Waals surface area (Å²) in [6, 6.07) is 0. The highest BCUT2D eigenvalue weighted by Crippen LogP contribution is 1.96. The molecule has 0 aliphatic rings. The van der Waals surface area contributed by atoms with Crippen LogP contribution in [0.4, 0.5) is 0 Å². The second-order valence-corrected chi connectivity index (χ2v) is 4.33. The summed E-state index contributed by atoms with van der Waals surface area (Å²) in [5, 5.41) is 6.62. The molecular weight excluding hydrogens is 313 g/mol. The minimum absolute atomic E-state index is 0. The third kappa shape index (κ3) is 12.1. The van der Waals surface area contributed by atoms with Crippen LogP contribution in [0.1, 0.15) is 46.5 Å². The first-order valence-corrected chi connectivity index (χ1v) is 6.15. The normalized spacial score (nSPS) is 11.2. The first-order valence-electron chi connectivity index (χ1n) is 6.15. The largest absolute Gasteiger partial charge is 0.356 e. The van der Waals surface area contributed by atoms with Gasteiger partial charge >= 0.3 is 0 Å². The molecule has 16 heavy (non-hydrogen) atoms. The third-order valence-electron chi connectivity index (χ3n) is 2.22. The average Bonchev–Trinajstić information content (AvgIpc) is 2.22. The van der Waals surface area contributed by atoms with Gasteiger partial charge in [-0.05, 0) is 12.3 Å². The van der Waals surface area contributed by atoms with E-state index >= 15 is 0 Å². The van der Waals surface area contributed by atoms with Crippen molar-refractivity contribution in [3.8, 4) is 0 Å². The van der Waals surface area contributed by atoms with Crippen molar-refractivity contribution in [2.45, 2.75) is 46.5 Å². The Kier molecular flexibility index (Phi) is 15.0. The molecule has 0 atom stereocenters. The third-order valence-corrected chi connectivity index (χ3v) is 2.22. The summed E-state index contributed by atoms with van der Waals surface area (Å²) in [6.45, 7) is 8.63. The maximum absolute atomic E-state index is 4.17. The zero-order valence-corrected chi connectivity index (χ0v) is 13.5. The van der Waals surface area contributed by atoms with E-state index in [1.165, 1.54) is 25.7 Å². The summed E-state index contributed by atoms with van der Waals surface area (Å²) in [7, 11) is 1.82. The van der Waals surface area contributed by atoms with Crippen LogP contribution in [0.25, 0.3) is 0 Å². The molecule has 0 spiro atoms. The summed E-state index contributed by atoms with van der Waals surface area (Å²) >= 11 is 0. The quantitative estimate of drug-likeness (QED) is 0.323. The van der Waals surface area contributed by atoms with Crippen LogP contribution in [0.3, 0.4) is 0 Å². The van der Waals surface area contributed by atoms with E-state index in [0.29, 0.717) is 5.92 Å². The van der Waals surface area contributed by atoms with Crippen LogP contribution in [-0.4, -0.2) is 26.1 Å². The number of aliphatic imine (C=N–C) groups is 1. The van der Waals surface area contributed by atoms with Gasteiger partial charge in [-0.25, -0.2) is 0 Å². The Balaban J connectivity index is 0. The number of nitrogens with one attached hydrogen (secondary N) is 2. The molecule has 2 N–H and O–H groups in total. The lowest BCUT2D eigenvalue weighted by molar-refractivity contribution is 0.606. The van der Waals surface area contributed by atoms with E-state index < -0.39 is 0 Å². The van der Waals surface area contributed by atoms with E-state index in [1.807, 2.05) is 7.05 Å². The van der Waals surface area contributed by atoms with Crippen LogP contribution in [0, 0.1) is 5.92 Å². The molecule has 0 bridgehead atoms. The molecule has 0 aliphatic carbocycles. The molecule has 0 radical (unpaired) electrons. The Morgan fingerprint density at radius 1 is 1.12 bits per heavy atom. The number of halogens is 1. The summed E-state index contributed by atoms with van der Waals surface area (Å²) in [5.74, 6) is 1.59. The summed E-state index contributed by atoms with van der Waals surface area (Å²) in [6.07, 6.45) is 5.17. The van der Waals surface area contributed by atoms with E-state index in [0.717, 1.165) is 19.0 Å². The monoisotopic (exact) mass is 341 g/mol. The minimum atomic E-state index is 0. The molecule has 98 valence electrons. The van der Waals surface area contributed by atoms with Crippen LogP contribution in [0.2, 0.25) is 0 Å². The Morgan fingerprint density at radius 3 is 2.31 bits per heavy atom. The predicted molar refractivity (Wildman–Crippen MR) is 83.8 cm³/mol. The summed E-state index contributed by atoms with van der Waals surface area (Å²) < 4.78 is 0. The second-order valence-electron chi connectivity index (χ2n) is 4.33. The molecule has 4 heteroatoms. The van der Waals surface area contributed by atoms with Gasteiger partial charge in [0.15, 0.2) is 5.96 Å². The average molecular weight is 341 g/mol. The molecule has 0 aliphatic heterocycles. The standard InChI is InChI=1S/C12H27N3.HI/c1-5-6-7-8-9-14-12(13-4)15-10-11(2)3;/h11H,5-10H2,1-4H3,(H2,13,14,15);1H. The topological polar surface area (TPSA) is 36.4 Å². The van der Waals surface area contributed by atoms with Crippen molar-refractivity contribution in [3.05, 3.63) is 0 Å². The highest BCUT2D eigenvalue weighted by atomic mass is 127. The van der Waals surface area contributed by atoms with E-state index in [4.69, 9.17) is 0 Å². The van der Waals surface area contributed by atoms with Gasteiger partial charge < -0.3 is 10.6 Å². The summed E-state index contributed by atoms with van der Waals surface area (Å²) in [4.78, 5) is 4.17. The number of nitrogens with zero attached hydrogens (tertiary/aromatic N) is 1. The zero-order valence-electron chi connectivity index (χ0n) is 11.2. The van der Waals surface area contributed by atoms with Crippen LogP contribution >= 0.6 is 24.0 Å². The molecule has 0 saturated carbocycles. The van der Waals surface area contributed by atoms with Gasteiger partial charge in [0.05, 0.1) is 0 Å².